The minimum Gasteiger partial charge on any atom is -0.313 e. The summed E-state index contributed by atoms with van der Waals surface area (Å²) in [5.41, 5.74) is 0. The number of hydrogen-bond acceptors (Lipinski definition) is 3. The predicted octanol–water partition coefficient (Wildman–Crippen LogP) is 1.54. The Morgan fingerprint density at radius 3 is 2.65 bits per heavy atom. The van der Waals surface area contributed by atoms with Crippen molar-refractivity contribution in [3.05, 3.63) is 0 Å². The lowest BCUT2D eigenvalue weighted by Gasteiger charge is -2.29. The van der Waals surface area contributed by atoms with E-state index in [4.69, 9.17) is 0 Å². The first-order chi connectivity index (χ1) is 8.33. The fourth-order valence-electron chi connectivity index (χ4n) is 3.41. The fourth-order valence-corrected chi connectivity index (χ4v) is 3.41. The molecule has 2 unspecified atom stereocenters. The molecule has 3 nitrogen and oxygen atoms in total. The number of nitrogens with one attached hydrogen (secondary N) is 1. The van der Waals surface area contributed by atoms with Gasteiger partial charge in [0.2, 0.25) is 0 Å². The summed E-state index contributed by atoms with van der Waals surface area (Å²) in [5, 5.41) is 3.66. The van der Waals surface area contributed by atoms with Crippen LogP contribution in [0.4, 0.5) is 0 Å². The van der Waals surface area contributed by atoms with Gasteiger partial charge in [0, 0.05) is 25.2 Å². The summed E-state index contributed by atoms with van der Waals surface area (Å²) in [6.07, 6.45) is 5.55. The van der Waals surface area contributed by atoms with Gasteiger partial charge in [0.1, 0.15) is 0 Å². The van der Waals surface area contributed by atoms with E-state index in [-0.39, 0.29) is 0 Å². The third-order valence-electron chi connectivity index (χ3n) is 4.47. The average Bonchev–Trinajstić information content (AvgIpc) is 2.81. The van der Waals surface area contributed by atoms with Crippen LogP contribution in [0.5, 0.6) is 0 Å². The van der Waals surface area contributed by atoms with Crippen LogP contribution in [0.3, 0.4) is 0 Å². The lowest BCUT2D eigenvalue weighted by atomic mass is 10.0. The second kappa shape index (κ2) is 6.72. The van der Waals surface area contributed by atoms with Gasteiger partial charge in [-0.15, -0.1) is 0 Å². The van der Waals surface area contributed by atoms with E-state index in [1.54, 1.807) is 0 Å². The van der Waals surface area contributed by atoms with Crippen LogP contribution in [-0.2, 0) is 0 Å². The van der Waals surface area contributed by atoms with Crippen molar-refractivity contribution in [2.45, 2.75) is 51.6 Å². The predicted molar refractivity (Wildman–Crippen MR) is 73.4 cm³/mol. The summed E-state index contributed by atoms with van der Waals surface area (Å²) in [6.45, 7) is 12.1. The Morgan fingerprint density at radius 1 is 1.18 bits per heavy atom. The summed E-state index contributed by atoms with van der Waals surface area (Å²) in [7, 11) is 0. The van der Waals surface area contributed by atoms with Gasteiger partial charge < -0.3 is 10.2 Å². The van der Waals surface area contributed by atoms with Gasteiger partial charge in [-0.05, 0) is 45.4 Å². The monoisotopic (exact) mass is 239 g/mol. The molecule has 1 N–H and O–H groups in total. The van der Waals surface area contributed by atoms with Gasteiger partial charge in [-0.1, -0.05) is 20.3 Å². The zero-order valence-electron chi connectivity index (χ0n) is 11.6. The highest BCUT2D eigenvalue weighted by Gasteiger charge is 2.27. The Balaban J connectivity index is 1.73. The van der Waals surface area contributed by atoms with Crippen LogP contribution in [0.2, 0.25) is 0 Å². The molecule has 17 heavy (non-hydrogen) atoms. The van der Waals surface area contributed by atoms with Gasteiger partial charge in [0.15, 0.2) is 0 Å². The molecular formula is C14H29N3. The Morgan fingerprint density at radius 2 is 2.00 bits per heavy atom. The van der Waals surface area contributed by atoms with E-state index in [1.807, 2.05) is 0 Å². The largest absolute Gasteiger partial charge is 0.313 e. The molecule has 3 heteroatoms. The third kappa shape index (κ3) is 3.67. The van der Waals surface area contributed by atoms with Crippen molar-refractivity contribution in [1.29, 1.82) is 0 Å². The minimum absolute atomic E-state index is 0.763. The van der Waals surface area contributed by atoms with Crippen LogP contribution in [0.1, 0.15) is 39.5 Å². The highest BCUT2D eigenvalue weighted by Crippen LogP contribution is 2.17. The second-order valence-electron chi connectivity index (χ2n) is 5.57. The van der Waals surface area contributed by atoms with Gasteiger partial charge in [0.05, 0.1) is 0 Å². The highest BCUT2D eigenvalue weighted by molar-refractivity contribution is 4.85. The molecule has 0 amide bonds. The average molecular weight is 239 g/mol. The molecule has 0 radical (unpaired) electrons. The van der Waals surface area contributed by atoms with Crippen molar-refractivity contribution < 1.29 is 0 Å². The first-order valence-electron chi connectivity index (χ1n) is 7.53. The lowest BCUT2D eigenvalue weighted by Crippen LogP contribution is -2.44. The Bertz CT molecular complexity index is 210. The van der Waals surface area contributed by atoms with Gasteiger partial charge in [0.25, 0.3) is 0 Å². The molecule has 2 atom stereocenters. The van der Waals surface area contributed by atoms with Crippen molar-refractivity contribution in [1.82, 2.24) is 15.1 Å². The molecule has 2 rings (SSSR count). The van der Waals surface area contributed by atoms with Crippen LogP contribution < -0.4 is 5.32 Å². The number of rotatable bonds is 5. The first kappa shape index (κ1) is 13.3. The SMILES string of the molecule is CCN(CC)C1CCN(CC2CCCCN2)C1. The van der Waals surface area contributed by atoms with Crippen molar-refractivity contribution in [3.8, 4) is 0 Å². The van der Waals surface area contributed by atoms with Gasteiger partial charge >= 0.3 is 0 Å². The number of hydrogen-bond donors (Lipinski definition) is 1. The van der Waals surface area contributed by atoms with Crippen LogP contribution in [-0.4, -0.2) is 61.2 Å². The standard InChI is InChI=1S/C14H29N3/c1-3-17(4-2)14-8-10-16(12-14)11-13-7-5-6-9-15-13/h13-15H,3-12H2,1-2H3. The maximum atomic E-state index is 3.66. The smallest absolute Gasteiger partial charge is 0.0235 e. The Hall–Kier alpha value is -0.120. The normalized spacial score (nSPS) is 31.2. The Kier molecular flexibility index (Phi) is 5.26. The number of nitrogens with zero attached hydrogens (tertiary/aromatic N) is 2. The van der Waals surface area contributed by atoms with Crippen molar-refractivity contribution in [3.63, 3.8) is 0 Å². The molecule has 100 valence electrons. The van der Waals surface area contributed by atoms with Crippen LogP contribution in [0.15, 0.2) is 0 Å². The first-order valence-corrected chi connectivity index (χ1v) is 7.53. The van der Waals surface area contributed by atoms with Gasteiger partial charge in [-0.3, -0.25) is 4.90 Å². The molecule has 2 aliphatic heterocycles. The third-order valence-corrected chi connectivity index (χ3v) is 4.47. The minimum atomic E-state index is 0.763. The van der Waals surface area contributed by atoms with E-state index < -0.39 is 0 Å². The zero-order chi connectivity index (χ0) is 12.1. The van der Waals surface area contributed by atoms with E-state index in [0.29, 0.717) is 0 Å². The van der Waals surface area contributed by atoms with Crippen LogP contribution >= 0.6 is 0 Å². The molecular weight excluding hydrogens is 210 g/mol. The zero-order valence-corrected chi connectivity index (χ0v) is 11.6. The van der Waals surface area contributed by atoms with Crippen molar-refractivity contribution in [2.75, 3.05) is 39.3 Å². The highest BCUT2D eigenvalue weighted by atomic mass is 15.3. The molecule has 2 fully saturated rings. The fraction of sp³-hybridized carbons (Fsp3) is 1.00. The summed E-state index contributed by atoms with van der Waals surface area (Å²) >= 11 is 0. The second-order valence-corrected chi connectivity index (χ2v) is 5.57. The summed E-state index contributed by atoms with van der Waals surface area (Å²) in [6, 6.07) is 1.58. The molecule has 0 spiro atoms. The van der Waals surface area contributed by atoms with Crippen LogP contribution in [0, 0.1) is 0 Å². The van der Waals surface area contributed by atoms with E-state index in [2.05, 4.69) is 29.0 Å². The molecule has 0 aromatic heterocycles. The number of likely N-dealkylation sites (N-methyl/N-ethyl adjacent to an activating group) is 1. The summed E-state index contributed by atoms with van der Waals surface area (Å²) in [4.78, 5) is 5.29. The molecule has 2 heterocycles. The molecule has 0 saturated carbocycles. The number of likely N-dealkylation sites (tertiary alicyclic amines) is 1. The molecule has 2 aliphatic rings. The van der Waals surface area contributed by atoms with Crippen LogP contribution in [0.25, 0.3) is 0 Å². The van der Waals surface area contributed by atoms with Gasteiger partial charge in [-0.2, -0.15) is 0 Å². The molecule has 0 aromatic rings. The Labute approximate surface area is 107 Å². The van der Waals surface area contributed by atoms with E-state index in [0.717, 1.165) is 12.1 Å². The quantitative estimate of drug-likeness (QED) is 0.785. The van der Waals surface area contributed by atoms with Crippen molar-refractivity contribution in [2.24, 2.45) is 0 Å². The molecule has 2 saturated heterocycles. The van der Waals surface area contributed by atoms with Crippen molar-refractivity contribution >= 4 is 0 Å². The van der Waals surface area contributed by atoms with E-state index in [9.17, 15) is 0 Å². The molecule has 0 aromatic carbocycles. The lowest BCUT2D eigenvalue weighted by molar-refractivity contribution is 0.200. The van der Waals surface area contributed by atoms with E-state index >= 15 is 0 Å². The molecule has 0 aliphatic carbocycles. The maximum Gasteiger partial charge on any atom is 0.0235 e. The topological polar surface area (TPSA) is 18.5 Å². The van der Waals surface area contributed by atoms with E-state index in [1.165, 1.54) is 65.0 Å². The molecule has 0 bridgehead atoms. The van der Waals surface area contributed by atoms with Gasteiger partial charge in [-0.25, -0.2) is 0 Å². The maximum absolute atomic E-state index is 3.66. The summed E-state index contributed by atoms with van der Waals surface area (Å²) in [5.74, 6) is 0. The number of piperidine rings is 1. The summed E-state index contributed by atoms with van der Waals surface area (Å²) < 4.78 is 0.